The van der Waals surface area contributed by atoms with Crippen LogP contribution in [-0.2, 0) is 29.5 Å². The third kappa shape index (κ3) is 3.55. The molecule has 7 heteroatoms. The summed E-state index contributed by atoms with van der Waals surface area (Å²) < 4.78 is 37.1. The smallest absolute Gasteiger partial charge is 0.284 e. The van der Waals surface area contributed by atoms with Crippen LogP contribution in [0.5, 0.6) is 0 Å². The SMILES string of the molecule is Cc1ccc(S(=O)(=O)/N=C2\N(C)c3ccccc3C2(c2cn(C)c3ccccc23)c2cn(C)c3ccccc23)cc1. The minimum absolute atomic E-state index is 0.171. The summed E-state index contributed by atoms with van der Waals surface area (Å²) in [7, 11) is 1.93. The fourth-order valence-electron chi connectivity index (χ4n) is 6.53. The summed E-state index contributed by atoms with van der Waals surface area (Å²) in [6, 6.07) is 31.6. The zero-order chi connectivity index (χ0) is 28.5. The molecule has 7 rings (SSSR count). The van der Waals surface area contributed by atoms with Crippen molar-refractivity contribution in [2.24, 2.45) is 18.5 Å². The van der Waals surface area contributed by atoms with Crippen molar-refractivity contribution < 1.29 is 8.42 Å². The van der Waals surface area contributed by atoms with Crippen LogP contribution in [0.4, 0.5) is 5.69 Å². The molecule has 1 aliphatic heterocycles. The van der Waals surface area contributed by atoms with Crippen LogP contribution in [0.25, 0.3) is 21.8 Å². The van der Waals surface area contributed by atoms with Crippen molar-refractivity contribution in [3.63, 3.8) is 0 Å². The van der Waals surface area contributed by atoms with E-state index < -0.39 is 15.4 Å². The Morgan fingerprint density at radius 3 is 1.73 bits per heavy atom. The van der Waals surface area contributed by atoms with Gasteiger partial charge in [0.25, 0.3) is 10.0 Å². The van der Waals surface area contributed by atoms with E-state index in [4.69, 9.17) is 4.40 Å². The molecule has 0 amide bonds. The van der Waals surface area contributed by atoms with Crippen LogP contribution in [0.15, 0.2) is 119 Å². The lowest BCUT2D eigenvalue weighted by atomic mass is 9.69. The van der Waals surface area contributed by atoms with Crippen molar-refractivity contribution in [1.82, 2.24) is 9.13 Å². The number of aromatic nitrogens is 2. The number of benzene rings is 4. The Morgan fingerprint density at radius 1 is 0.634 bits per heavy atom. The predicted octanol–water partition coefficient (Wildman–Crippen LogP) is 6.55. The number of rotatable bonds is 4. The number of hydrogen-bond donors (Lipinski definition) is 0. The Morgan fingerprint density at radius 2 is 1.15 bits per heavy atom. The summed E-state index contributed by atoms with van der Waals surface area (Å²) in [6.45, 7) is 1.94. The van der Waals surface area contributed by atoms with Crippen molar-refractivity contribution in [1.29, 1.82) is 0 Å². The summed E-state index contributed by atoms with van der Waals surface area (Å²) in [5.74, 6) is 0.451. The maximum absolute atomic E-state index is 14.1. The predicted molar refractivity (Wildman–Crippen MR) is 166 cm³/mol. The van der Waals surface area contributed by atoms with E-state index in [1.165, 1.54) is 0 Å². The van der Waals surface area contributed by atoms with E-state index in [2.05, 4.69) is 51.9 Å². The molecule has 0 N–H and O–H groups in total. The summed E-state index contributed by atoms with van der Waals surface area (Å²) in [6.07, 6.45) is 4.27. The Bertz CT molecular complexity index is 2040. The number of aryl methyl sites for hydroxylation is 3. The standard InChI is InChI=1S/C34H30N4O2S/c1-23-17-19-24(20-18-23)41(39,40)35-33-34(27-13-7-10-16-32(27)38(33)4,28-21-36(2)30-14-8-5-11-25(28)30)29-22-37(3)31-15-9-6-12-26(29)31/h5-22H,1-4H3/b35-33-. The van der Waals surface area contributed by atoms with E-state index in [1.807, 2.05) is 87.6 Å². The van der Waals surface area contributed by atoms with E-state index in [-0.39, 0.29) is 4.90 Å². The Kier molecular flexibility index (Phi) is 5.53. The molecule has 6 nitrogen and oxygen atoms in total. The van der Waals surface area contributed by atoms with Gasteiger partial charge in [-0.1, -0.05) is 72.3 Å². The molecule has 0 spiro atoms. The Balaban J connectivity index is 1.68. The molecule has 204 valence electrons. The highest BCUT2D eigenvalue weighted by atomic mass is 32.2. The minimum atomic E-state index is -4.06. The van der Waals surface area contributed by atoms with E-state index in [1.54, 1.807) is 12.1 Å². The number of likely N-dealkylation sites (N-methyl/N-ethyl adjacent to an activating group) is 1. The normalized spacial score (nSPS) is 15.7. The maximum Gasteiger partial charge on any atom is 0.284 e. The van der Waals surface area contributed by atoms with Crippen LogP contribution in [0.2, 0.25) is 0 Å². The van der Waals surface area contributed by atoms with Gasteiger partial charge in [-0.25, -0.2) is 0 Å². The first kappa shape index (κ1) is 25.4. The molecule has 4 aromatic carbocycles. The third-order valence-electron chi connectivity index (χ3n) is 8.45. The number of amidine groups is 1. The number of hydrogen-bond acceptors (Lipinski definition) is 2. The minimum Gasteiger partial charge on any atom is -0.350 e. The number of para-hydroxylation sites is 3. The molecule has 0 fully saturated rings. The highest BCUT2D eigenvalue weighted by Gasteiger charge is 2.53. The van der Waals surface area contributed by atoms with Gasteiger partial charge in [0.1, 0.15) is 11.3 Å². The van der Waals surface area contributed by atoms with E-state index in [0.717, 1.165) is 49.7 Å². The van der Waals surface area contributed by atoms with Crippen LogP contribution in [0.3, 0.4) is 0 Å². The van der Waals surface area contributed by atoms with Gasteiger partial charge in [-0.05, 0) is 42.8 Å². The molecule has 1 aliphatic rings. The summed E-state index contributed by atoms with van der Waals surface area (Å²) in [5, 5.41) is 2.10. The summed E-state index contributed by atoms with van der Waals surface area (Å²) in [4.78, 5) is 2.12. The van der Waals surface area contributed by atoms with E-state index in [0.29, 0.717) is 5.84 Å². The van der Waals surface area contributed by atoms with Crippen molar-refractivity contribution >= 4 is 43.4 Å². The van der Waals surface area contributed by atoms with Crippen molar-refractivity contribution in [2.45, 2.75) is 17.2 Å². The topological polar surface area (TPSA) is 59.6 Å². The fraction of sp³-hybridized carbons (Fsp3) is 0.147. The highest BCUT2D eigenvalue weighted by Crippen LogP contribution is 2.54. The van der Waals surface area contributed by atoms with Crippen molar-refractivity contribution in [2.75, 3.05) is 11.9 Å². The first-order chi connectivity index (χ1) is 19.7. The summed E-state index contributed by atoms with van der Waals surface area (Å²) in [5.41, 5.74) is 6.00. The molecule has 0 atom stereocenters. The molecule has 2 aromatic heterocycles. The van der Waals surface area contributed by atoms with E-state index >= 15 is 0 Å². The van der Waals surface area contributed by atoms with Crippen LogP contribution >= 0.6 is 0 Å². The van der Waals surface area contributed by atoms with Gasteiger partial charge in [0, 0.05) is 72.2 Å². The molecule has 0 bridgehead atoms. The highest BCUT2D eigenvalue weighted by molar-refractivity contribution is 7.90. The average molecular weight is 559 g/mol. The zero-order valence-electron chi connectivity index (χ0n) is 23.4. The monoisotopic (exact) mass is 558 g/mol. The van der Waals surface area contributed by atoms with Crippen LogP contribution in [-0.4, -0.2) is 30.4 Å². The lowest BCUT2D eigenvalue weighted by Crippen LogP contribution is -2.41. The lowest BCUT2D eigenvalue weighted by molar-refractivity contribution is 0.597. The van der Waals surface area contributed by atoms with E-state index in [9.17, 15) is 8.42 Å². The largest absolute Gasteiger partial charge is 0.350 e. The number of anilines is 1. The average Bonchev–Trinajstić information content (AvgIpc) is 3.58. The number of sulfonamides is 1. The maximum atomic E-state index is 14.1. The number of fused-ring (bicyclic) bond motifs is 3. The second kappa shape index (κ2) is 8.94. The van der Waals surface area contributed by atoms with Crippen LogP contribution < -0.4 is 4.90 Å². The lowest BCUT2D eigenvalue weighted by Gasteiger charge is -2.32. The summed E-state index contributed by atoms with van der Waals surface area (Å²) >= 11 is 0. The van der Waals surface area contributed by atoms with Gasteiger partial charge in [-0.3, -0.25) is 0 Å². The van der Waals surface area contributed by atoms with Gasteiger partial charge < -0.3 is 14.0 Å². The quantitative estimate of drug-likeness (QED) is 0.247. The molecule has 0 saturated heterocycles. The van der Waals surface area contributed by atoms with Gasteiger partial charge in [-0.2, -0.15) is 8.42 Å². The molecular formula is C34H30N4O2S. The Hall–Kier alpha value is -4.62. The van der Waals surface area contributed by atoms with Gasteiger partial charge in [0.2, 0.25) is 0 Å². The first-order valence-electron chi connectivity index (χ1n) is 13.6. The molecule has 0 radical (unpaired) electrons. The second-order valence-corrected chi connectivity index (χ2v) is 12.5. The first-order valence-corrected chi connectivity index (χ1v) is 15.0. The van der Waals surface area contributed by atoms with Crippen molar-refractivity contribution in [3.8, 4) is 0 Å². The molecule has 41 heavy (non-hydrogen) atoms. The third-order valence-corrected chi connectivity index (χ3v) is 9.73. The van der Waals surface area contributed by atoms with Gasteiger partial charge in [0.15, 0.2) is 0 Å². The molecular weight excluding hydrogens is 528 g/mol. The number of nitrogens with zero attached hydrogens (tertiary/aromatic N) is 4. The fourth-order valence-corrected chi connectivity index (χ4v) is 7.61. The van der Waals surface area contributed by atoms with Crippen LogP contribution in [0, 0.1) is 6.92 Å². The molecule has 0 aliphatic carbocycles. The van der Waals surface area contributed by atoms with Crippen molar-refractivity contribution in [3.05, 3.63) is 132 Å². The molecule has 6 aromatic rings. The van der Waals surface area contributed by atoms with Crippen LogP contribution in [0.1, 0.15) is 22.3 Å². The van der Waals surface area contributed by atoms with Gasteiger partial charge in [0.05, 0.1) is 4.90 Å². The zero-order valence-corrected chi connectivity index (χ0v) is 24.2. The van der Waals surface area contributed by atoms with Gasteiger partial charge in [-0.15, -0.1) is 4.40 Å². The second-order valence-electron chi connectivity index (χ2n) is 10.9. The molecule has 0 unspecified atom stereocenters. The molecule has 3 heterocycles. The van der Waals surface area contributed by atoms with Gasteiger partial charge >= 0.3 is 0 Å². The Labute approximate surface area is 239 Å². The molecule has 0 saturated carbocycles.